The molecule has 4 aliphatic rings. The normalized spacial score (nSPS) is 47.4. The van der Waals surface area contributed by atoms with E-state index in [1.165, 1.54) is 50.5 Å². The maximum Gasteiger partial charge on any atom is -0.00104 e. The van der Waals surface area contributed by atoms with E-state index >= 15 is 0 Å². The average Bonchev–Trinajstić information content (AvgIpc) is 2.59. The Morgan fingerprint density at radius 1 is 1.07 bits per heavy atom. The van der Waals surface area contributed by atoms with Gasteiger partial charge < -0.3 is 0 Å². The number of hydrogen-bond acceptors (Lipinski definition) is 0. The summed E-state index contributed by atoms with van der Waals surface area (Å²) in [5.41, 5.74) is 7.45. The fourth-order valence-corrected chi connectivity index (χ4v) is 9.00. The summed E-state index contributed by atoms with van der Waals surface area (Å²) in [6.45, 7) is 26.7. The molecule has 28 heavy (non-hydrogen) atoms. The zero-order valence-electron chi connectivity index (χ0n) is 19.8. The van der Waals surface area contributed by atoms with Crippen LogP contribution < -0.4 is 0 Å². The van der Waals surface area contributed by atoms with Crippen LogP contribution >= 0.6 is 0 Å². The molecule has 3 fully saturated rings. The minimum absolute atomic E-state index is 0.267. The minimum atomic E-state index is 0.267. The molecule has 0 spiro atoms. The molecule has 0 saturated heterocycles. The van der Waals surface area contributed by atoms with Crippen LogP contribution in [0.1, 0.15) is 93.4 Å². The van der Waals surface area contributed by atoms with Crippen molar-refractivity contribution in [1.29, 1.82) is 0 Å². The van der Waals surface area contributed by atoms with Crippen LogP contribution in [0, 0.1) is 45.8 Å². The van der Waals surface area contributed by atoms with Gasteiger partial charge in [-0.2, -0.15) is 0 Å². The summed E-state index contributed by atoms with van der Waals surface area (Å²) in [5, 5.41) is 0. The maximum atomic E-state index is 4.89. The highest BCUT2D eigenvalue weighted by Crippen LogP contribution is 2.73. The van der Waals surface area contributed by atoms with Crippen LogP contribution in [0.15, 0.2) is 35.5 Å². The SMILES string of the molecule is C=C(C)C[C@@]12CCC1CC(C)C1(C)C(=C)C(C)C3=C(C)CCC(CC12)C3(C)C. The first-order valence-corrected chi connectivity index (χ1v) is 12.0. The van der Waals surface area contributed by atoms with Crippen LogP contribution in [-0.4, -0.2) is 0 Å². The van der Waals surface area contributed by atoms with E-state index in [0.29, 0.717) is 16.7 Å². The van der Waals surface area contributed by atoms with Crippen LogP contribution in [0.2, 0.25) is 0 Å². The highest BCUT2D eigenvalue weighted by molar-refractivity contribution is 5.37. The van der Waals surface area contributed by atoms with Crippen LogP contribution in [0.5, 0.6) is 0 Å². The molecule has 0 aliphatic heterocycles. The quantitative estimate of drug-likeness (QED) is 0.422. The maximum absolute atomic E-state index is 4.89. The number of fused-ring (bicyclic) bond motifs is 5. The van der Waals surface area contributed by atoms with Crippen LogP contribution in [-0.2, 0) is 0 Å². The Bertz CT molecular complexity index is 733. The summed E-state index contributed by atoms with van der Waals surface area (Å²) in [5.74, 6) is 3.78. The predicted molar refractivity (Wildman–Crippen MR) is 122 cm³/mol. The van der Waals surface area contributed by atoms with E-state index in [1.54, 1.807) is 16.7 Å². The number of hydrogen-bond donors (Lipinski definition) is 0. The van der Waals surface area contributed by atoms with Gasteiger partial charge >= 0.3 is 0 Å². The topological polar surface area (TPSA) is 0 Å². The summed E-state index contributed by atoms with van der Waals surface area (Å²) < 4.78 is 0. The molecular weight excluding hydrogens is 336 g/mol. The lowest BCUT2D eigenvalue weighted by molar-refractivity contribution is -0.162. The third-order valence-corrected chi connectivity index (χ3v) is 10.7. The molecule has 4 rings (SSSR count). The zero-order valence-corrected chi connectivity index (χ0v) is 19.8. The van der Waals surface area contributed by atoms with E-state index in [9.17, 15) is 0 Å². The summed E-state index contributed by atoms with van der Waals surface area (Å²) in [6.07, 6.45) is 9.62. The Balaban J connectivity index is 1.89. The third-order valence-electron chi connectivity index (χ3n) is 10.7. The summed E-state index contributed by atoms with van der Waals surface area (Å²) in [6, 6.07) is 0. The molecule has 4 aliphatic carbocycles. The van der Waals surface area contributed by atoms with Crippen molar-refractivity contribution in [3.05, 3.63) is 35.5 Å². The molecule has 6 unspecified atom stereocenters. The van der Waals surface area contributed by atoms with Crippen molar-refractivity contribution < 1.29 is 0 Å². The van der Waals surface area contributed by atoms with Crippen LogP contribution in [0.3, 0.4) is 0 Å². The molecule has 0 heteroatoms. The molecule has 2 bridgehead atoms. The van der Waals surface area contributed by atoms with Gasteiger partial charge in [-0.3, -0.25) is 0 Å². The van der Waals surface area contributed by atoms with Gasteiger partial charge in [-0.05, 0) is 105 Å². The molecule has 0 N–H and O–H groups in total. The smallest absolute Gasteiger partial charge is 0.00104 e. The molecule has 0 aromatic rings. The molecule has 7 atom stereocenters. The molecule has 3 saturated carbocycles. The van der Waals surface area contributed by atoms with Gasteiger partial charge in [0, 0.05) is 0 Å². The van der Waals surface area contributed by atoms with Gasteiger partial charge in [-0.15, -0.1) is 6.58 Å². The van der Waals surface area contributed by atoms with E-state index in [-0.39, 0.29) is 5.41 Å². The number of allylic oxidation sites excluding steroid dienone is 4. The molecule has 0 aromatic carbocycles. The summed E-state index contributed by atoms with van der Waals surface area (Å²) in [7, 11) is 0. The van der Waals surface area contributed by atoms with Gasteiger partial charge in [0.2, 0.25) is 0 Å². The van der Waals surface area contributed by atoms with Crippen molar-refractivity contribution in [3.63, 3.8) is 0 Å². The molecular formula is C28H44. The van der Waals surface area contributed by atoms with Crippen molar-refractivity contribution in [1.82, 2.24) is 0 Å². The van der Waals surface area contributed by atoms with Gasteiger partial charge in [0.1, 0.15) is 0 Å². The molecule has 0 radical (unpaired) electrons. The van der Waals surface area contributed by atoms with Gasteiger partial charge in [-0.1, -0.05) is 63.5 Å². The highest BCUT2D eigenvalue weighted by atomic mass is 14.7. The van der Waals surface area contributed by atoms with Gasteiger partial charge in [0.15, 0.2) is 0 Å². The second-order valence-corrected chi connectivity index (χ2v) is 12.2. The first kappa shape index (κ1) is 20.5. The Kier molecular flexibility index (Phi) is 4.65. The van der Waals surface area contributed by atoms with E-state index in [2.05, 4.69) is 55.0 Å². The fraction of sp³-hybridized carbons (Fsp3) is 0.786. The Hall–Kier alpha value is -0.780. The lowest BCUT2D eigenvalue weighted by atomic mass is 9.35. The largest absolute Gasteiger partial charge is 0.100 e. The summed E-state index contributed by atoms with van der Waals surface area (Å²) in [4.78, 5) is 0. The molecule has 0 amide bonds. The van der Waals surface area contributed by atoms with E-state index in [4.69, 9.17) is 6.58 Å². The van der Waals surface area contributed by atoms with Gasteiger partial charge in [0.25, 0.3) is 0 Å². The second kappa shape index (κ2) is 6.36. The van der Waals surface area contributed by atoms with Crippen molar-refractivity contribution in [2.45, 2.75) is 93.4 Å². The molecule has 0 heterocycles. The van der Waals surface area contributed by atoms with Gasteiger partial charge in [0.05, 0.1) is 0 Å². The first-order valence-electron chi connectivity index (χ1n) is 12.0. The van der Waals surface area contributed by atoms with Crippen molar-refractivity contribution in [3.8, 4) is 0 Å². The monoisotopic (exact) mass is 380 g/mol. The van der Waals surface area contributed by atoms with Crippen molar-refractivity contribution in [2.75, 3.05) is 0 Å². The van der Waals surface area contributed by atoms with Gasteiger partial charge in [-0.25, -0.2) is 0 Å². The van der Waals surface area contributed by atoms with Crippen molar-refractivity contribution in [2.24, 2.45) is 45.8 Å². The lowest BCUT2D eigenvalue weighted by Crippen LogP contribution is -2.61. The third kappa shape index (κ3) is 2.48. The predicted octanol–water partition coefficient (Wildman–Crippen LogP) is 8.36. The van der Waals surface area contributed by atoms with Crippen LogP contribution in [0.4, 0.5) is 0 Å². The standard InChI is InChI=1S/C28H44/c1-17(2)16-28-13-12-23(28)14-19(4)27(9)21(6)20(5)25-18(3)10-11-22(15-24(27)28)26(25,7)8/h19-20,22-24H,1,6,10-16H2,2-5,7-9H3/t19?,20?,22?,23?,24?,27?,28-/m0/s1. The molecule has 0 nitrogen and oxygen atoms in total. The van der Waals surface area contributed by atoms with E-state index < -0.39 is 0 Å². The summed E-state index contributed by atoms with van der Waals surface area (Å²) >= 11 is 0. The molecule has 0 aromatic heterocycles. The fourth-order valence-electron chi connectivity index (χ4n) is 9.00. The lowest BCUT2D eigenvalue weighted by Gasteiger charge is -2.69. The zero-order chi connectivity index (χ0) is 20.6. The van der Waals surface area contributed by atoms with E-state index in [0.717, 1.165) is 23.7 Å². The Morgan fingerprint density at radius 3 is 2.32 bits per heavy atom. The number of rotatable bonds is 2. The Labute approximate surface area is 175 Å². The molecule has 156 valence electrons. The second-order valence-electron chi connectivity index (χ2n) is 12.2. The highest BCUT2D eigenvalue weighted by Gasteiger charge is 2.64. The van der Waals surface area contributed by atoms with Crippen molar-refractivity contribution >= 4 is 0 Å². The Morgan fingerprint density at radius 2 is 1.75 bits per heavy atom. The first-order chi connectivity index (χ1) is 13.0. The average molecular weight is 381 g/mol. The van der Waals surface area contributed by atoms with Crippen LogP contribution in [0.25, 0.3) is 0 Å². The minimum Gasteiger partial charge on any atom is -0.100 e. The van der Waals surface area contributed by atoms with E-state index in [1.807, 2.05) is 0 Å².